The van der Waals surface area contributed by atoms with Crippen molar-refractivity contribution in [1.82, 2.24) is 0 Å². The van der Waals surface area contributed by atoms with Crippen molar-refractivity contribution in [3.8, 4) is 6.07 Å². The molecule has 0 aliphatic heterocycles. The highest BCUT2D eigenvalue weighted by atomic mass is 14.4. The van der Waals surface area contributed by atoms with Crippen molar-refractivity contribution >= 4 is 0 Å². The normalized spacial score (nSPS) is 36.4. The highest BCUT2D eigenvalue weighted by Gasteiger charge is 2.30. The Morgan fingerprint density at radius 3 is 2.50 bits per heavy atom. The number of hydrogen-bond donors (Lipinski definition) is 0. The Morgan fingerprint density at radius 1 is 1.33 bits per heavy atom. The van der Waals surface area contributed by atoms with E-state index < -0.39 is 0 Å². The van der Waals surface area contributed by atoms with E-state index in [1.807, 2.05) is 0 Å². The van der Waals surface area contributed by atoms with Gasteiger partial charge in [0.05, 0.1) is 6.07 Å². The molecule has 68 valence electrons. The maximum atomic E-state index is 8.98. The van der Waals surface area contributed by atoms with E-state index in [1.165, 1.54) is 12.8 Å². The van der Waals surface area contributed by atoms with Gasteiger partial charge in [-0.1, -0.05) is 27.2 Å². The molecule has 1 heteroatoms. The molecular weight excluding hydrogens is 146 g/mol. The van der Waals surface area contributed by atoms with E-state index in [0.717, 1.165) is 12.3 Å². The van der Waals surface area contributed by atoms with Crippen LogP contribution >= 0.6 is 0 Å². The summed E-state index contributed by atoms with van der Waals surface area (Å²) in [6, 6.07) is 2.47. The summed E-state index contributed by atoms with van der Waals surface area (Å²) < 4.78 is 0. The van der Waals surface area contributed by atoms with Crippen LogP contribution in [0.25, 0.3) is 0 Å². The summed E-state index contributed by atoms with van der Waals surface area (Å²) >= 11 is 0. The van der Waals surface area contributed by atoms with Crippen LogP contribution < -0.4 is 0 Å². The number of nitriles is 1. The Labute approximate surface area is 75.8 Å². The van der Waals surface area contributed by atoms with Gasteiger partial charge in [-0.15, -0.1) is 0 Å². The highest BCUT2D eigenvalue weighted by molar-refractivity contribution is 4.93. The zero-order valence-electron chi connectivity index (χ0n) is 8.38. The van der Waals surface area contributed by atoms with Crippen LogP contribution in [0.5, 0.6) is 0 Å². The first kappa shape index (κ1) is 9.58. The fourth-order valence-electron chi connectivity index (χ4n) is 2.35. The summed E-state index contributed by atoms with van der Waals surface area (Å²) in [5, 5.41) is 8.98. The molecule has 1 unspecified atom stereocenters. The lowest BCUT2D eigenvalue weighted by molar-refractivity contribution is 0.183. The van der Waals surface area contributed by atoms with E-state index in [0.29, 0.717) is 17.8 Å². The minimum Gasteiger partial charge on any atom is -0.198 e. The number of rotatable bonds is 1. The average Bonchev–Trinajstić information content (AvgIpc) is 2.03. The molecule has 0 saturated heterocycles. The molecule has 0 aromatic rings. The molecule has 3 atom stereocenters. The highest BCUT2D eigenvalue weighted by Crippen LogP contribution is 2.37. The first-order valence-electron chi connectivity index (χ1n) is 5.04. The first-order chi connectivity index (χ1) is 5.65. The molecule has 1 aliphatic rings. The SMILES string of the molecule is CC(C)C1CC[C@@H](C)C[C@H]1C#N. The quantitative estimate of drug-likeness (QED) is 0.585. The second-order valence-electron chi connectivity index (χ2n) is 4.56. The topological polar surface area (TPSA) is 23.8 Å². The van der Waals surface area contributed by atoms with Gasteiger partial charge in [0.15, 0.2) is 0 Å². The third kappa shape index (κ3) is 2.00. The zero-order chi connectivity index (χ0) is 9.14. The predicted molar refractivity (Wildman–Crippen MR) is 50.4 cm³/mol. The lowest BCUT2D eigenvalue weighted by Gasteiger charge is -2.33. The van der Waals surface area contributed by atoms with Gasteiger partial charge in [0.25, 0.3) is 0 Å². The summed E-state index contributed by atoms with van der Waals surface area (Å²) in [6.45, 7) is 6.75. The molecule has 0 aromatic heterocycles. The Balaban J connectivity index is 2.58. The molecule has 0 amide bonds. The van der Waals surface area contributed by atoms with Crippen LogP contribution in [0.3, 0.4) is 0 Å². The van der Waals surface area contributed by atoms with Crippen LogP contribution in [0, 0.1) is 35.0 Å². The van der Waals surface area contributed by atoms with Crippen molar-refractivity contribution < 1.29 is 0 Å². The van der Waals surface area contributed by atoms with E-state index in [-0.39, 0.29) is 0 Å². The predicted octanol–water partition coefficient (Wildman–Crippen LogP) is 3.22. The largest absolute Gasteiger partial charge is 0.198 e. The Bertz CT molecular complexity index is 178. The summed E-state index contributed by atoms with van der Waals surface area (Å²) in [7, 11) is 0. The van der Waals surface area contributed by atoms with E-state index in [1.54, 1.807) is 0 Å². The Hall–Kier alpha value is -0.510. The first-order valence-corrected chi connectivity index (χ1v) is 5.04. The van der Waals surface area contributed by atoms with Crippen molar-refractivity contribution in [3.05, 3.63) is 0 Å². The molecule has 0 N–H and O–H groups in total. The van der Waals surface area contributed by atoms with E-state index >= 15 is 0 Å². The minimum atomic E-state index is 0.328. The molecule has 1 saturated carbocycles. The van der Waals surface area contributed by atoms with Gasteiger partial charge in [-0.2, -0.15) is 5.26 Å². The molecule has 1 aliphatic carbocycles. The fraction of sp³-hybridized carbons (Fsp3) is 0.909. The smallest absolute Gasteiger partial charge is 0.0658 e. The van der Waals surface area contributed by atoms with E-state index in [9.17, 15) is 0 Å². The minimum absolute atomic E-state index is 0.328. The van der Waals surface area contributed by atoms with Crippen molar-refractivity contribution in [3.63, 3.8) is 0 Å². The second kappa shape index (κ2) is 3.94. The molecule has 0 aromatic carbocycles. The summed E-state index contributed by atoms with van der Waals surface area (Å²) in [5.74, 6) is 2.44. The molecule has 1 nitrogen and oxygen atoms in total. The molecule has 0 spiro atoms. The summed E-state index contributed by atoms with van der Waals surface area (Å²) in [4.78, 5) is 0. The second-order valence-corrected chi connectivity index (χ2v) is 4.56. The van der Waals surface area contributed by atoms with Crippen LogP contribution in [-0.4, -0.2) is 0 Å². The van der Waals surface area contributed by atoms with Crippen LogP contribution in [0.4, 0.5) is 0 Å². The van der Waals surface area contributed by atoms with Crippen molar-refractivity contribution in [1.29, 1.82) is 5.26 Å². The summed E-state index contributed by atoms with van der Waals surface area (Å²) in [5.41, 5.74) is 0. The van der Waals surface area contributed by atoms with Crippen LogP contribution in [0.15, 0.2) is 0 Å². The van der Waals surface area contributed by atoms with Gasteiger partial charge in [-0.05, 0) is 30.6 Å². The van der Waals surface area contributed by atoms with E-state index in [2.05, 4.69) is 26.8 Å². The van der Waals surface area contributed by atoms with Gasteiger partial charge in [-0.3, -0.25) is 0 Å². The van der Waals surface area contributed by atoms with Gasteiger partial charge < -0.3 is 0 Å². The van der Waals surface area contributed by atoms with Crippen molar-refractivity contribution in [2.75, 3.05) is 0 Å². The number of hydrogen-bond acceptors (Lipinski definition) is 1. The maximum absolute atomic E-state index is 8.98. The Morgan fingerprint density at radius 2 is 2.00 bits per heavy atom. The van der Waals surface area contributed by atoms with Crippen molar-refractivity contribution in [2.24, 2.45) is 23.7 Å². The average molecular weight is 165 g/mol. The third-order valence-electron chi connectivity index (χ3n) is 3.19. The molecule has 12 heavy (non-hydrogen) atoms. The van der Waals surface area contributed by atoms with Crippen LogP contribution in [-0.2, 0) is 0 Å². The van der Waals surface area contributed by atoms with Gasteiger partial charge >= 0.3 is 0 Å². The molecule has 1 rings (SSSR count). The number of nitrogens with zero attached hydrogens (tertiary/aromatic N) is 1. The lowest BCUT2D eigenvalue weighted by Crippen LogP contribution is -2.26. The monoisotopic (exact) mass is 165 g/mol. The maximum Gasteiger partial charge on any atom is 0.0658 e. The Kier molecular flexibility index (Phi) is 3.14. The van der Waals surface area contributed by atoms with Gasteiger partial charge in [0.1, 0.15) is 0 Å². The van der Waals surface area contributed by atoms with E-state index in [4.69, 9.17) is 5.26 Å². The lowest BCUT2D eigenvalue weighted by atomic mass is 9.71. The third-order valence-corrected chi connectivity index (χ3v) is 3.19. The zero-order valence-corrected chi connectivity index (χ0v) is 8.38. The molecule has 0 radical (unpaired) electrons. The van der Waals surface area contributed by atoms with Gasteiger partial charge in [0, 0.05) is 5.92 Å². The molecule has 1 fully saturated rings. The molecule has 0 bridgehead atoms. The van der Waals surface area contributed by atoms with Crippen molar-refractivity contribution in [2.45, 2.75) is 40.0 Å². The fourth-order valence-corrected chi connectivity index (χ4v) is 2.35. The van der Waals surface area contributed by atoms with Gasteiger partial charge in [0.2, 0.25) is 0 Å². The van der Waals surface area contributed by atoms with Gasteiger partial charge in [-0.25, -0.2) is 0 Å². The molecular formula is C11H19N. The molecule has 0 heterocycles. The van der Waals surface area contributed by atoms with Crippen LogP contribution in [0.2, 0.25) is 0 Å². The van der Waals surface area contributed by atoms with Crippen LogP contribution in [0.1, 0.15) is 40.0 Å². The summed E-state index contributed by atoms with van der Waals surface area (Å²) in [6.07, 6.45) is 3.71. The standard InChI is InChI=1S/C11H19N/c1-8(2)11-5-4-9(3)6-10(11)7-12/h8-11H,4-6H2,1-3H3/t9-,10+,11?/m1/s1.